The Morgan fingerprint density at radius 1 is 1.09 bits per heavy atom. The molecule has 4 heteroatoms. The fraction of sp³-hybridized carbons (Fsp3) is 0.263. The molecule has 0 unspecified atom stereocenters. The number of carbonyl (C=O) groups is 2. The molecule has 0 bridgehead atoms. The highest BCUT2D eigenvalue weighted by Crippen LogP contribution is 2.23. The molecule has 2 aromatic rings. The van der Waals surface area contributed by atoms with Crippen molar-refractivity contribution in [3.63, 3.8) is 0 Å². The molecule has 0 spiro atoms. The summed E-state index contributed by atoms with van der Waals surface area (Å²) in [4.78, 5) is 23.3. The SMILES string of the molecule is O=C(Cc1ccc2c(c1)CC(=O)N2)NCCCc1ccccc1. The van der Waals surface area contributed by atoms with E-state index in [1.54, 1.807) is 0 Å². The Morgan fingerprint density at radius 2 is 1.91 bits per heavy atom. The van der Waals surface area contributed by atoms with Crippen molar-refractivity contribution in [3.8, 4) is 0 Å². The Balaban J connectivity index is 1.43. The van der Waals surface area contributed by atoms with E-state index in [1.807, 2.05) is 36.4 Å². The quantitative estimate of drug-likeness (QED) is 0.806. The van der Waals surface area contributed by atoms with Crippen molar-refractivity contribution in [3.05, 3.63) is 65.2 Å². The van der Waals surface area contributed by atoms with Crippen LogP contribution < -0.4 is 10.6 Å². The first-order valence-corrected chi connectivity index (χ1v) is 7.93. The monoisotopic (exact) mass is 308 g/mol. The van der Waals surface area contributed by atoms with Gasteiger partial charge in [-0.25, -0.2) is 0 Å². The minimum absolute atomic E-state index is 0.0162. The van der Waals surface area contributed by atoms with E-state index in [9.17, 15) is 9.59 Å². The van der Waals surface area contributed by atoms with E-state index in [0.29, 0.717) is 19.4 Å². The first kappa shape index (κ1) is 15.3. The summed E-state index contributed by atoms with van der Waals surface area (Å²) in [6.45, 7) is 0.679. The summed E-state index contributed by atoms with van der Waals surface area (Å²) in [5, 5.41) is 5.75. The highest BCUT2D eigenvalue weighted by Gasteiger charge is 2.17. The second kappa shape index (κ2) is 7.09. The largest absolute Gasteiger partial charge is 0.356 e. The van der Waals surface area contributed by atoms with Gasteiger partial charge in [0.25, 0.3) is 0 Å². The summed E-state index contributed by atoms with van der Waals surface area (Å²) in [6, 6.07) is 16.0. The minimum Gasteiger partial charge on any atom is -0.356 e. The van der Waals surface area contributed by atoms with Gasteiger partial charge >= 0.3 is 0 Å². The average molecular weight is 308 g/mol. The van der Waals surface area contributed by atoms with Crippen LogP contribution in [0.5, 0.6) is 0 Å². The van der Waals surface area contributed by atoms with E-state index in [-0.39, 0.29) is 11.8 Å². The molecule has 118 valence electrons. The van der Waals surface area contributed by atoms with Gasteiger partial charge in [-0.15, -0.1) is 0 Å². The highest BCUT2D eigenvalue weighted by molar-refractivity contribution is 5.99. The number of amides is 2. The van der Waals surface area contributed by atoms with Crippen molar-refractivity contribution in [2.24, 2.45) is 0 Å². The number of fused-ring (bicyclic) bond motifs is 1. The fourth-order valence-electron chi connectivity index (χ4n) is 2.81. The second-order valence-corrected chi connectivity index (χ2v) is 5.83. The Bertz CT molecular complexity index is 711. The number of carbonyl (C=O) groups excluding carboxylic acids is 2. The zero-order valence-corrected chi connectivity index (χ0v) is 13.0. The summed E-state index contributed by atoms with van der Waals surface area (Å²) in [6.07, 6.45) is 2.65. The van der Waals surface area contributed by atoms with Crippen LogP contribution in [0, 0.1) is 0 Å². The summed E-state index contributed by atoms with van der Waals surface area (Å²) in [7, 11) is 0. The van der Waals surface area contributed by atoms with Gasteiger partial charge < -0.3 is 10.6 Å². The molecular formula is C19H20N2O2. The molecule has 0 radical (unpaired) electrons. The standard InChI is InChI=1S/C19H20N2O2/c22-18(20-10-4-7-14-5-2-1-3-6-14)12-15-8-9-17-16(11-15)13-19(23)21-17/h1-3,5-6,8-9,11H,4,7,10,12-13H2,(H,20,22)(H,21,23). The maximum atomic E-state index is 12.0. The molecule has 2 N–H and O–H groups in total. The number of aryl methyl sites for hydroxylation is 1. The lowest BCUT2D eigenvalue weighted by molar-refractivity contribution is -0.120. The molecule has 0 atom stereocenters. The summed E-state index contributed by atoms with van der Waals surface area (Å²) < 4.78 is 0. The van der Waals surface area contributed by atoms with Gasteiger partial charge in [0, 0.05) is 12.2 Å². The maximum absolute atomic E-state index is 12.0. The Hall–Kier alpha value is -2.62. The number of hydrogen-bond donors (Lipinski definition) is 2. The molecular weight excluding hydrogens is 288 g/mol. The predicted molar refractivity (Wildman–Crippen MR) is 90.3 cm³/mol. The van der Waals surface area contributed by atoms with E-state index in [0.717, 1.165) is 29.7 Å². The number of hydrogen-bond acceptors (Lipinski definition) is 2. The average Bonchev–Trinajstić information content (AvgIpc) is 2.92. The van der Waals surface area contributed by atoms with Crippen molar-refractivity contribution in [1.82, 2.24) is 5.32 Å². The lowest BCUT2D eigenvalue weighted by Gasteiger charge is -2.07. The van der Waals surface area contributed by atoms with E-state index in [1.165, 1.54) is 5.56 Å². The van der Waals surface area contributed by atoms with Crippen molar-refractivity contribution < 1.29 is 9.59 Å². The fourth-order valence-corrected chi connectivity index (χ4v) is 2.81. The summed E-state index contributed by atoms with van der Waals surface area (Å²) >= 11 is 0. The third-order valence-corrected chi connectivity index (χ3v) is 3.97. The molecule has 1 aliphatic heterocycles. The first-order valence-electron chi connectivity index (χ1n) is 7.93. The van der Waals surface area contributed by atoms with Crippen LogP contribution in [0.4, 0.5) is 5.69 Å². The molecule has 0 saturated carbocycles. The molecule has 1 aliphatic rings. The van der Waals surface area contributed by atoms with Crippen LogP contribution in [0.2, 0.25) is 0 Å². The van der Waals surface area contributed by atoms with E-state index >= 15 is 0 Å². The summed E-state index contributed by atoms with van der Waals surface area (Å²) in [5.74, 6) is 0.0396. The Kier molecular flexibility index (Phi) is 4.71. The van der Waals surface area contributed by atoms with Crippen molar-refractivity contribution in [1.29, 1.82) is 0 Å². The predicted octanol–water partition coefficient (Wildman–Crippen LogP) is 2.47. The number of rotatable bonds is 6. The van der Waals surface area contributed by atoms with E-state index in [2.05, 4.69) is 22.8 Å². The summed E-state index contributed by atoms with van der Waals surface area (Å²) in [5.41, 5.74) is 4.07. The Labute approximate surface area is 135 Å². The highest BCUT2D eigenvalue weighted by atomic mass is 16.2. The number of anilines is 1. The molecule has 3 rings (SSSR count). The lowest BCUT2D eigenvalue weighted by atomic mass is 10.1. The maximum Gasteiger partial charge on any atom is 0.228 e. The van der Waals surface area contributed by atoms with Crippen LogP contribution in [0.3, 0.4) is 0 Å². The topological polar surface area (TPSA) is 58.2 Å². The van der Waals surface area contributed by atoms with Crippen molar-refractivity contribution in [2.75, 3.05) is 11.9 Å². The van der Waals surface area contributed by atoms with Gasteiger partial charge in [-0.3, -0.25) is 9.59 Å². The van der Waals surface area contributed by atoms with Crippen LogP contribution in [0.1, 0.15) is 23.1 Å². The lowest BCUT2D eigenvalue weighted by Crippen LogP contribution is -2.26. The van der Waals surface area contributed by atoms with Gasteiger partial charge in [0.15, 0.2) is 0 Å². The third-order valence-electron chi connectivity index (χ3n) is 3.97. The second-order valence-electron chi connectivity index (χ2n) is 5.83. The van der Waals surface area contributed by atoms with Gasteiger partial charge in [-0.2, -0.15) is 0 Å². The van der Waals surface area contributed by atoms with Crippen LogP contribution in [0.15, 0.2) is 48.5 Å². The van der Waals surface area contributed by atoms with Crippen LogP contribution in [-0.4, -0.2) is 18.4 Å². The van der Waals surface area contributed by atoms with Gasteiger partial charge in [-0.1, -0.05) is 42.5 Å². The van der Waals surface area contributed by atoms with Gasteiger partial charge in [0.05, 0.1) is 12.8 Å². The molecule has 0 aromatic heterocycles. The molecule has 1 heterocycles. The Morgan fingerprint density at radius 3 is 2.74 bits per heavy atom. The van der Waals surface area contributed by atoms with Gasteiger partial charge in [0.1, 0.15) is 0 Å². The smallest absolute Gasteiger partial charge is 0.228 e. The molecule has 2 amide bonds. The van der Waals surface area contributed by atoms with Crippen molar-refractivity contribution >= 4 is 17.5 Å². The zero-order chi connectivity index (χ0) is 16.1. The number of benzene rings is 2. The van der Waals surface area contributed by atoms with E-state index < -0.39 is 0 Å². The van der Waals surface area contributed by atoms with Crippen LogP contribution in [0.25, 0.3) is 0 Å². The van der Waals surface area contributed by atoms with Crippen LogP contribution in [-0.2, 0) is 28.9 Å². The molecule has 2 aromatic carbocycles. The normalized spacial score (nSPS) is 12.6. The van der Waals surface area contributed by atoms with Gasteiger partial charge in [-0.05, 0) is 35.6 Å². The third kappa shape index (κ3) is 4.19. The molecule has 4 nitrogen and oxygen atoms in total. The molecule has 0 fully saturated rings. The van der Waals surface area contributed by atoms with Gasteiger partial charge in [0.2, 0.25) is 11.8 Å². The number of nitrogens with one attached hydrogen (secondary N) is 2. The molecule has 0 saturated heterocycles. The zero-order valence-electron chi connectivity index (χ0n) is 13.0. The molecule has 23 heavy (non-hydrogen) atoms. The van der Waals surface area contributed by atoms with E-state index in [4.69, 9.17) is 0 Å². The van der Waals surface area contributed by atoms with Crippen molar-refractivity contribution in [2.45, 2.75) is 25.7 Å². The van der Waals surface area contributed by atoms with Crippen LogP contribution >= 0.6 is 0 Å². The minimum atomic E-state index is 0.0162. The first-order chi connectivity index (χ1) is 11.2. The molecule has 0 aliphatic carbocycles.